The molecule has 3 rings (SSSR count). The SMILES string of the molecule is CNC(Cc1cc(Br)ccc1F)c1csc2ccccc12. The van der Waals surface area contributed by atoms with Crippen molar-refractivity contribution >= 4 is 37.4 Å². The Kier molecular flexibility index (Phi) is 4.38. The first kappa shape index (κ1) is 14.7. The number of fused-ring (bicyclic) bond motifs is 1. The minimum Gasteiger partial charge on any atom is -0.313 e. The van der Waals surface area contributed by atoms with Crippen LogP contribution in [0.25, 0.3) is 10.1 Å². The number of likely N-dealkylation sites (N-methyl/N-ethyl adjacent to an activating group) is 1. The molecule has 2 aromatic carbocycles. The average molecular weight is 364 g/mol. The van der Waals surface area contributed by atoms with Crippen molar-refractivity contribution in [2.75, 3.05) is 7.05 Å². The van der Waals surface area contributed by atoms with Crippen LogP contribution in [0.1, 0.15) is 17.2 Å². The summed E-state index contributed by atoms with van der Waals surface area (Å²) in [6.45, 7) is 0. The Morgan fingerprint density at radius 1 is 1.24 bits per heavy atom. The van der Waals surface area contributed by atoms with E-state index in [4.69, 9.17) is 0 Å². The van der Waals surface area contributed by atoms with Gasteiger partial charge in [-0.1, -0.05) is 34.1 Å². The zero-order valence-corrected chi connectivity index (χ0v) is 14.0. The Labute approximate surface area is 135 Å². The molecule has 108 valence electrons. The highest BCUT2D eigenvalue weighted by Gasteiger charge is 2.16. The molecular weight excluding hydrogens is 349 g/mol. The molecule has 0 amide bonds. The number of halogens is 2. The van der Waals surface area contributed by atoms with Crippen LogP contribution in [0, 0.1) is 5.82 Å². The molecule has 0 fully saturated rings. The minimum atomic E-state index is -0.155. The fourth-order valence-corrected chi connectivity index (χ4v) is 3.98. The fourth-order valence-electron chi connectivity index (χ4n) is 2.56. The van der Waals surface area contributed by atoms with Crippen LogP contribution in [0.5, 0.6) is 0 Å². The summed E-state index contributed by atoms with van der Waals surface area (Å²) in [5.41, 5.74) is 1.96. The first-order valence-electron chi connectivity index (χ1n) is 6.76. The van der Waals surface area contributed by atoms with Gasteiger partial charge in [-0.25, -0.2) is 4.39 Å². The van der Waals surface area contributed by atoms with Crippen molar-refractivity contribution in [2.45, 2.75) is 12.5 Å². The number of nitrogens with one attached hydrogen (secondary N) is 1. The molecule has 1 heterocycles. The summed E-state index contributed by atoms with van der Waals surface area (Å²) in [6.07, 6.45) is 0.627. The third kappa shape index (κ3) is 3.03. The zero-order valence-electron chi connectivity index (χ0n) is 11.6. The molecule has 0 aliphatic carbocycles. The third-order valence-electron chi connectivity index (χ3n) is 3.67. The number of thiophene rings is 1. The monoisotopic (exact) mass is 363 g/mol. The van der Waals surface area contributed by atoms with Gasteiger partial charge in [0.25, 0.3) is 0 Å². The van der Waals surface area contributed by atoms with Gasteiger partial charge < -0.3 is 5.32 Å². The third-order valence-corrected chi connectivity index (χ3v) is 5.14. The number of hydrogen-bond donors (Lipinski definition) is 1. The Bertz CT molecular complexity index is 768. The van der Waals surface area contributed by atoms with Gasteiger partial charge in [-0.05, 0) is 59.6 Å². The van der Waals surface area contributed by atoms with E-state index in [0.29, 0.717) is 6.42 Å². The second-order valence-electron chi connectivity index (χ2n) is 4.97. The second-order valence-corrected chi connectivity index (χ2v) is 6.80. The molecule has 0 aliphatic rings. The van der Waals surface area contributed by atoms with Crippen molar-refractivity contribution in [2.24, 2.45) is 0 Å². The molecule has 1 aromatic heterocycles. The Hall–Kier alpha value is -1.23. The topological polar surface area (TPSA) is 12.0 Å². The van der Waals surface area contributed by atoms with Gasteiger partial charge >= 0.3 is 0 Å². The summed E-state index contributed by atoms with van der Waals surface area (Å²) in [6, 6.07) is 13.5. The van der Waals surface area contributed by atoms with Crippen LogP contribution in [0.3, 0.4) is 0 Å². The van der Waals surface area contributed by atoms with E-state index in [0.717, 1.165) is 10.0 Å². The molecular formula is C17H15BrFNS. The molecule has 3 aromatic rings. The normalized spacial score (nSPS) is 12.7. The van der Waals surface area contributed by atoms with E-state index in [1.165, 1.54) is 21.7 Å². The van der Waals surface area contributed by atoms with Crippen molar-refractivity contribution < 1.29 is 4.39 Å². The highest BCUT2D eigenvalue weighted by molar-refractivity contribution is 9.10. The Morgan fingerprint density at radius 2 is 2.05 bits per heavy atom. The Balaban J connectivity index is 1.97. The molecule has 4 heteroatoms. The summed E-state index contributed by atoms with van der Waals surface area (Å²) >= 11 is 5.14. The minimum absolute atomic E-state index is 0.102. The number of hydrogen-bond acceptors (Lipinski definition) is 2. The molecule has 1 unspecified atom stereocenters. The molecule has 21 heavy (non-hydrogen) atoms. The highest BCUT2D eigenvalue weighted by Crippen LogP contribution is 2.32. The van der Waals surface area contributed by atoms with Crippen molar-refractivity contribution in [3.8, 4) is 0 Å². The largest absolute Gasteiger partial charge is 0.313 e. The molecule has 0 radical (unpaired) electrons. The van der Waals surface area contributed by atoms with Crippen LogP contribution in [0.2, 0.25) is 0 Å². The number of benzene rings is 2. The van der Waals surface area contributed by atoms with Crippen LogP contribution in [0.4, 0.5) is 4.39 Å². The lowest BCUT2D eigenvalue weighted by atomic mass is 9.98. The van der Waals surface area contributed by atoms with E-state index in [2.05, 4.69) is 38.8 Å². The van der Waals surface area contributed by atoms with Crippen molar-refractivity contribution in [3.05, 3.63) is 69.3 Å². The molecule has 0 aliphatic heterocycles. The van der Waals surface area contributed by atoms with Crippen LogP contribution in [-0.2, 0) is 6.42 Å². The molecule has 1 atom stereocenters. The lowest BCUT2D eigenvalue weighted by molar-refractivity contribution is 0.557. The molecule has 1 N–H and O–H groups in total. The van der Waals surface area contributed by atoms with Crippen molar-refractivity contribution in [1.29, 1.82) is 0 Å². The number of rotatable bonds is 4. The lowest BCUT2D eigenvalue weighted by Gasteiger charge is -2.16. The van der Waals surface area contributed by atoms with E-state index in [1.54, 1.807) is 17.4 Å². The zero-order chi connectivity index (χ0) is 14.8. The van der Waals surface area contributed by atoms with E-state index in [1.807, 2.05) is 25.2 Å². The average Bonchev–Trinajstić information content (AvgIpc) is 2.92. The predicted molar refractivity (Wildman–Crippen MR) is 91.4 cm³/mol. The van der Waals surface area contributed by atoms with E-state index < -0.39 is 0 Å². The molecule has 0 saturated carbocycles. The van der Waals surface area contributed by atoms with E-state index >= 15 is 0 Å². The summed E-state index contributed by atoms with van der Waals surface area (Å²) in [5, 5.41) is 6.73. The van der Waals surface area contributed by atoms with Gasteiger partial charge in [0.05, 0.1) is 0 Å². The van der Waals surface area contributed by atoms with Gasteiger partial charge in [-0.2, -0.15) is 0 Å². The molecule has 0 bridgehead atoms. The summed E-state index contributed by atoms with van der Waals surface area (Å²) in [4.78, 5) is 0. The summed E-state index contributed by atoms with van der Waals surface area (Å²) in [7, 11) is 1.92. The summed E-state index contributed by atoms with van der Waals surface area (Å²) in [5.74, 6) is -0.155. The van der Waals surface area contributed by atoms with Gasteiger partial charge in [-0.15, -0.1) is 11.3 Å². The first-order valence-corrected chi connectivity index (χ1v) is 8.43. The molecule has 1 nitrogen and oxygen atoms in total. The maximum absolute atomic E-state index is 14.0. The standard InChI is InChI=1S/C17H15BrFNS/c1-20-16(9-11-8-12(18)6-7-15(11)19)14-10-21-17-5-3-2-4-13(14)17/h2-8,10,16,20H,9H2,1H3. The lowest BCUT2D eigenvalue weighted by Crippen LogP contribution is -2.19. The van der Waals surface area contributed by atoms with E-state index in [9.17, 15) is 4.39 Å². The predicted octanol–water partition coefficient (Wildman–Crippen LogP) is 5.31. The van der Waals surface area contributed by atoms with Crippen LogP contribution < -0.4 is 5.32 Å². The van der Waals surface area contributed by atoms with Gasteiger partial charge in [0.2, 0.25) is 0 Å². The maximum Gasteiger partial charge on any atom is 0.126 e. The summed E-state index contributed by atoms with van der Waals surface area (Å²) < 4.78 is 16.1. The quantitative estimate of drug-likeness (QED) is 0.662. The molecule has 0 saturated heterocycles. The Morgan fingerprint density at radius 3 is 2.86 bits per heavy atom. The van der Waals surface area contributed by atoms with Crippen LogP contribution in [0.15, 0.2) is 52.3 Å². The highest BCUT2D eigenvalue weighted by atomic mass is 79.9. The van der Waals surface area contributed by atoms with Crippen LogP contribution >= 0.6 is 27.3 Å². The second kappa shape index (κ2) is 6.26. The van der Waals surface area contributed by atoms with E-state index in [-0.39, 0.29) is 11.9 Å². The molecule has 0 spiro atoms. The van der Waals surface area contributed by atoms with Crippen LogP contribution in [-0.4, -0.2) is 7.05 Å². The maximum atomic E-state index is 14.0. The van der Waals surface area contributed by atoms with Crippen molar-refractivity contribution in [1.82, 2.24) is 5.32 Å². The van der Waals surface area contributed by atoms with Gasteiger partial charge in [0.1, 0.15) is 5.82 Å². The van der Waals surface area contributed by atoms with Gasteiger partial charge in [-0.3, -0.25) is 0 Å². The fraction of sp³-hybridized carbons (Fsp3) is 0.176. The van der Waals surface area contributed by atoms with Gasteiger partial charge in [0.15, 0.2) is 0 Å². The smallest absolute Gasteiger partial charge is 0.126 e. The first-order chi connectivity index (χ1) is 10.2. The van der Waals surface area contributed by atoms with Gasteiger partial charge in [0, 0.05) is 15.2 Å². The van der Waals surface area contributed by atoms with Crippen molar-refractivity contribution in [3.63, 3.8) is 0 Å².